The molecule has 1 rings (SSSR count). The number of hydrogen-bond donors (Lipinski definition) is 1. The lowest BCUT2D eigenvalue weighted by Gasteiger charge is -2.20. The van der Waals surface area contributed by atoms with E-state index in [9.17, 15) is 4.39 Å². The Morgan fingerprint density at radius 1 is 1.37 bits per heavy atom. The van der Waals surface area contributed by atoms with Crippen LogP contribution in [0.25, 0.3) is 0 Å². The first-order valence-electron chi connectivity index (χ1n) is 7.14. The molecule has 0 saturated carbocycles. The summed E-state index contributed by atoms with van der Waals surface area (Å²) in [5.41, 5.74) is 0.682. The summed E-state index contributed by atoms with van der Waals surface area (Å²) < 4.78 is 14.3. The summed E-state index contributed by atoms with van der Waals surface area (Å²) in [6.45, 7) is 7.66. The predicted molar refractivity (Wildman–Crippen MR) is 79.0 cm³/mol. The normalized spacial score (nSPS) is 11.1. The topological polar surface area (TPSA) is 28.2 Å². The molecule has 1 aromatic rings. The van der Waals surface area contributed by atoms with Crippen molar-refractivity contribution in [3.8, 4) is 0 Å². The highest BCUT2D eigenvalue weighted by atomic mass is 19.1. The monoisotopic (exact) mass is 267 g/mol. The van der Waals surface area contributed by atoms with E-state index in [1.54, 1.807) is 12.3 Å². The van der Waals surface area contributed by atoms with E-state index in [1.807, 2.05) is 11.9 Å². The third kappa shape index (κ3) is 5.15. The number of rotatable bonds is 8. The summed E-state index contributed by atoms with van der Waals surface area (Å²) in [4.78, 5) is 6.07. The van der Waals surface area contributed by atoms with Crippen molar-refractivity contribution in [3.63, 3.8) is 0 Å². The van der Waals surface area contributed by atoms with Crippen molar-refractivity contribution < 1.29 is 4.39 Å². The molecule has 0 radical (unpaired) electrons. The van der Waals surface area contributed by atoms with Gasteiger partial charge in [-0.25, -0.2) is 9.37 Å². The molecule has 108 valence electrons. The zero-order valence-corrected chi connectivity index (χ0v) is 12.5. The van der Waals surface area contributed by atoms with E-state index >= 15 is 0 Å². The second-order valence-corrected chi connectivity index (χ2v) is 5.27. The van der Waals surface area contributed by atoms with Crippen molar-refractivity contribution in [3.05, 3.63) is 23.6 Å². The smallest absolute Gasteiger partial charge is 0.170 e. The zero-order valence-electron chi connectivity index (χ0n) is 12.5. The molecular weight excluding hydrogens is 241 g/mol. The number of nitrogens with one attached hydrogen (secondary N) is 1. The minimum absolute atomic E-state index is 0.199. The number of unbranched alkanes of at least 4 members (excludes halogenated alkanes) is 2. The number of pyridine rings is 1. The van der Waals surface area contributed by atoms with Gasteiger partial charge in [0, 0.05) is 37.9 Å². The van der Waals surface area contributed by atoms with Gasteiger partial charge in [0.1, 0.15) is 0 Å². The summed E-state index contributed by atoms with van der Waals surface area (Å²) in [6, 6.07) is 2.09. The van der Waals surface area contributed by atoms with Gasteiger partial charge in [0.15, 0.2) is 11.6 Å². The quantitative estimate of drug-likeness (QED) is 0.732. The van der Waals surface area contributed by atoms with Crippen LogP contribution in [-0.4, -0.2) is 24.6 Å². The van der Waals surface area contributed by atoms with Crippen molar-refractivity contribution in [1.82, 2.24) is 10.3 Å². The van der Waals surface area contributed by atoms with Crippen molar-refractivity contribution in [2.75, 3.05) is 18.5 Å². The number of anilines is 1. The van der Waals surface area contributed by atoms with Crippen LogP contribution in [0.3, 0.4) is 0 Å². The number of aromatic nitrogens is 1. The molecule has 0 amide bonds. The molecule has 4 heteroatoms. The lowest BCUT2D eigenvalue weighted by Crippen LogP contribution is -2.25. The molecular formula is C15H26FN3. The van der Waals surface area contributed by atoms with Gasteiger partial charge in [-0.15, -0.1) is 0 Å². The van der Waals surface area contributed by atoms with Crippen molar-refractivity contribution in [2.45, 2.75) is 52.6 Å². The van der Waals surface area contributed by atoms with Crippen molar-refractivity contribution in [2.24, 2.45) is 0 Å². The average molecular weight is 267 g/mol. The van der Waals surface area contributed by atoms with E-state index in [2.05, 4.69) is 31.1 Å². The van der Waals surface area contributed by atoms with Gasteiger partial charge in [0.25, 0.3) is 0 Å². The Kier molecular flexibility index (Phi) is 6.78. The van der Waals surface area contributed by atoms with Crippen LogP contribution in [0.15, 0.2) is 12.3 Å². The molecule has 19 heavy (non-hydrogen) atoms. The summed E-state index contributed by atoms with van der Waals surface area (Å²) in [5, 5.41) is 3.23. The van der Waals surface area contributed by atoms with Crippen molar-refractivity contribution in [1.29, 1.82) is 0 Å². The fourth-order valence-corrected chi connectivity index (χ4v) is 1.89. The van der Waals surface area contributed by atoms with Crippen LogP contribution < -0.4 is 10.2 Å². The van der Waals surface area contributed by atoms with Crippen LogP contribution in [0, 0.1) is 5.82 Å². The SMILES string of the molecule is CCCCCN(C)c1nccc(CNC(C)C)c1F. The molecule has 0 fully saturated rings. The molecule has 1 N–H and O–H groups in total. The number of hydrogen-bond acceptors (Lipinski definition) is 3. The van der Waals surface area contributed by atoms with Gasteiger partial charge in [-0.2, -0.15) is 0 Å². The third-order valence-corrected chi connectivity index (χ3v) is 3.11. The van der Waals surface area contributed by atoms with E-state index < -0.39 is 0 Å². The molecule has 0 spiro atoms. The Morgan fingerprint density at radius 3 is 2.74 bits per heavy atom. The highest BCUT2D eigenvalue weighted by Gasteiger charge is 2.13. The van der Waals surface area contributed by atoms with E-state index in [4.69, 9.17) is 0 Å². The largest absolute Gasteiger partial charge is 0.357 e. The minimum atomic E-state index is -0.199. The van der Waals surface area contributed by atoms with Gasteiger partial charge in [-0.1, -0.05) is 33.6 Å². The Morgan fingerprint density at radius 2 is 2.11 bits per heavy atom. The van der Waals surface area contributed by atoms with Gasteiger partial charge < -0.3 is 10.2 Å². The Hall–Kier alpha value is -1.16. The van der Waals surface area contributed by atoms with Gasteiger partial charge in [-0.3, -0.25) is 0 Å². The molecule has 0 aliphatic carbocycles. The van der Waals surface area contributed by atoms with Crippen LogP contribution in [0.4, 0.5) is 10.2 Å². The maximum atomic E-state index is 14.3. The van der Waals surface area contributed by atoms with Crippen LogP contribution in [-0.2, 0) is 6.54 Å². The maximum Gasteiger partial charge on any atom is 0.170 e. The second-order valence-electron chi connectivity index (χ2n) is 5.27. The molecule has 1 aromatic heterocycles. The highest BCUT2D eigenvalue weighted by Crippen LogP contribution is 2.19. The Labute approximate surface area is 116 Å². The van der Waals surface area contributed by atoms with Crippen LogP contribution >= 0.6 is 0 Å². The number of halogens is 1. The van der Waals surface area contributed by atoms with Gasteiger partial charge >= 0.3 is 0 Å². The fraction of sp³-hybridized carbons (Fsp3) is 0.667. The standard InChI is InChI=1S/C15H26FN3/c1-5-6-7-10-19(4)15-14(16)13(8-9-17-15)11-18-12(2)3/h8-9,12,18H,5-7,10-11H2,1-4H3. The first kappa shape index (κ1) is 15.9. The summed E-state index contributed by atoms with van der Waals surface area (Å²) >= 11 is 0. The molecule has 0 saturated heterocycles. The van der Waals surface area contributed by atoms with Gasteiger partial charge in [-0.05, 0) is 12.5 Å². The lowest BCUT2D eigenvalue weighted by molar-refractivity contribution is 0.547. The van der Waals surface area contributed by atoms with E-state index in [-0.39, 0.29) is 5.82 Å². The first-order chi connectivity index (χ1) is 9.06. The predicted octanol–water partition coefficient (Wildman–Crippen LogP) is 3.35. The fourth-order valence-electron chi connectivity index (χ4n) is 1.89. The van der Waals surface area contributed by atoms with E-state index in [1.165, 1.54) is 12.8 Å². The molecule has 0 aliphatic rings. The highest BCUT2D eigenvalue weighted by molar-refractivity contribution is 5.42. The summed E-state index contributed by atoms with van der Waals surface area (Å²) in [5.74, 6) is 0.258. The molecule has 1 heterocycles. The molecule has 3 nitrogen and oxygen atoms in total. The van der Waals surface area contributed by atoms with Crippen molar-refractivity contribution >= 4 is 5.82 Å². The Balaban J connectivity index is 2.70. The molecule has 0 bridgehead atoms. The van der Waals surface area contributed by atoms with Crippen LogP contribution in [0.1, 0.15) is 45.6 Å². The summed E-state index contributed by atoms with van der Waals surface area (Å²) in [7, 11) is 1.90. The third-order valence-electron chi connectivity index (χ3n) is 3.11. The second kappa shape index (κ2) is 8.10. The van der Waals surface area contributed by atoms with E-state index in [0.29, 0.717) is 24.0 Å². The first-order valence-corrected chi connectivity index (χ1v) is 7.14. The van der Waals surface area contributed by atoms with Gasteiger partial charge in [0.2, 0.25) is 0 Å². The van der Waals surface area contributed by atoms with Gasteiger partial charge in [0.05, 0.1) is 0 Å². The zero-order chi connectivity index (χ0) is 14.3. The molecule has 0 aliphatic heterocycles. The average Bonchev–Trinajstić information content (AvgIpc) is 2.37. The van der Waals surface area contributed by atoms with Crippen LogP contribution in [0.5, 0.6) is 0 Å². The molecule has 0 aromatic carbocycles. The number of nitrogens with zero attached hydrogens (tertiary/aromatic N) is 2. The lowest BCUT2D eigenvalue weighted by atomic mass is 10.2. The Bertz CT molecular complexity index is 380. The van der Waals surface area contributed by atoms with Crippen LogP contribution in [0.2, 0.25) is 0 Å². The minimum Gasteiger partial charge on any atom is -0.357 e. The van der Waals surface area contributed by atoms with E-state index in [0.717, 1.165) is 13.0 Å². The molecule has 0 unspecified atom stereocenters. The molecule has 0 atom stereocenters. The maximum absolute atomic E-state index is 14.3. The summed E-state index contributed by atoms with van der Waals surface area (Å²) in [6.07, 6.45) is 5.09.